The zero-order valence-electron chi connectivity index (χ0n) is 17.7. The molecule has 6 nitrogen and oxygen atoms in total. The van der Waals surface area contributed by atoms with E-state index in [1.54, 1.807) is 0 Å². The summed E-state index contributed by atoms with van der Waals surface area (Å²) in [7, 11) is 0. The first-order valence-electron chi connectivity index (χ1n) is 10.4. The SMILES string of the molecule is CC(C)(C)OC(=O)CN1CC(NC(=O)OCC2c3ccccc3-c3ccccc32)C1. The third-order valence-electron chi connectivity index (χ3n) is 5.40. The van der Waals surface area contributed by atoms with E-state index < -0.39 is 11.7 Å². The first-order chi connectivity index (χ1) is 14.3. The lowest BCUT2D eigenvalue weighted by Crippen LogP contribution is -2.60. The predicted molar refractivity (Wildman–Crippen MR) is 114 cm³/mol. The Kier molecular flexibility index (Phi) is 5.52. The van der Waals surface area contributed by atoms with Crippen molar-refractivity contribution >= 4 is 12.1 Å². The van der Waals surface area contributed by atoms with Gasteiger partial charge in [-0.1, -0.05) is 48.5 Å². The van der Waals surface area contributed by atoms with E-state index in [1.165, 1.54) is 22.3 Å². The first kappa shape index (κ1) is 20.4. The molecule has 1 amide bonds. The fourth-order valence-electron chi connectivity index (χ4n) is 4.15. The van der Waals surface area contributed by atoms with Crippen LogP contribution in [0.2, 0.25) is 0 Å². The van der Waals surface area contributed by atoms with E-state index in [-0.39, 0.29) is 24.5 Å². The number of alkyl carbamates (subject to hydrolysis) is 1. The van der Waals surface area contributed by atoms with Gasteiger partial charge in [-0.15, -0.1) is 0 Å². The summed E-state index contributed by atoms with van der Waals surface area (Å²) in [4.78, 5) is 26.1. The molecular formula is C24H28N2O4. The van der Waals surface area contributed by atoms with Crippen LogP contribution in [0.5, 0.6) is 0 Å². The molecule has 0 radical (unpaired) electrons. The van der Waals surface area contributed by atoms with Gasteiger partial charge in [0.15, 0.2) is 0 Å². The van der Waals surface area contributed by atoms with E-state index in [4.69, 9.17) is 9.47 Å². The van der Waals surface area contributed by atoms with Crippen LogP contribution in [0.25, 0.3) is 11.1 Å². The van der Waals surface area contributed by atoms with Crippen molar-refractivity contribution in [2.75, 3.05) is 26.2 Å². The summed E-state index contributed by atoms with van der Waals surface area (Å²) in [6, 6.07) is 16.5. The highest BCUT2D eigenvalue weighted by molar-refractivity contribution is 5.79. The average molecular weight is 408 g/mol. The minimum absolute atomic E-state index is 0.0110. The number of fused-ring (bicyclic) bond motifs is 3. The van der Waals surface area contributed by atoms with E-state index in [0.717, 1.165) is 0 Å². The number of nitrogens with one attached hydrogen (secondary N) is 1. The van der Waals surface area contributed by atoms with Crippen LogP contribution in [0.4, 0.5) is 4.79 Å². The van der Waals surface area contributed by atoms with Gasteiger partial charge in [0.05, 0.1) is 12.6 Å². The summed E-state index contributed by atoms with van der Waals surface area (Å²) in [6.07, 6.45) is -0.418. The predicted octanol–water partition coefficient (Wildman–Crippen LogP) is 3.55. The van der Waals surface area contributed by atoms with Gasteiger partial charge in [-0.3, -0.25) is 9.69 Å². The normalized spacial score (nSPS) is 16.4. The van der Waals surface area contributed by atoms with Crippen molar-refractivity contribution in [3.63, 3.8) is 0 Å². The summed E-state index contributed by atoms with van der Waals surface area (Å²) in [5.41, 5.74) is 4.32. The number of rotatable bonds is 5. The minimum Gasteiger partial charge on any atom is -0.459 e. The fraction of sp³-hybridized carbons (Fsp3) is 0.417. The Labute approximate surface area is 177 Å². The number of hydrogen-bond acceptors (Lipinski definition) is 5. The average Bonchev–Trinajstić information content (AvgIpc) is 2.97. The minimum atomic E-state index is -0.485. The molecule has 1 aliphatic carbocycles. The van der Waals surface area contributed by atoms with Crippen LogP contribution >= 0.6 is 0 Å². The highest BCUT2D eigenvalue weighted by Crippen LogP contribution is 2.44. The van der Waals surface area contributed by atoms with Gasteiger partial charge in [-0.2, -0.15) is 0 Å². The first-order valence-corrected chi connectivity index (χ1v) is 10.4. The molecular weight excluding hydrogens is 380 g/mol. The van der Waals surface area contributed by atoms with Gasteiger partial charge in [-0.25, -0.2) is 4.79 Å². The molecule has 0 spiro atoms. The van der Waals surface area contributed by atoms with Crippen LogP contribution < -0.4 is 5.32 Å². The molecule has 0 unspecified atom stereocenters. The number of benzene rings is 2. The zero-order valence-corrected chi connectivity index (χ0v) is 17.7. The number of ether oxygens (including phenoxy) is 2. The molecule has 1 saturated heterocycles. The Bertz CT molecular complexity index is 899. The molecule has 2 aromatic carbocycles. The Balaban J connectivity index is 1.25. The Morgan fingerprint density at radius 1 is 1.00 bits per heavy atom. The van der Waals surface area contributed by atoms with Crippen LogP contribution in [-0.4, -0.2) is 54.8 Å². The lowest BCUT2D eigenvalue weighted by atomic mass is 9.98. The largest absolute Gasteiger partial charge is 0.459 e. The van der Waals surface area contributed by atoms with Crippen molar-refractivity contribution in [2.24, 2.45) is 0 Å². The van der Waals surface area contributed by atoms with Gasteiger partial charge < -0.3 is 14.8 Å². The van der Waals surface area contributed by atoms with Gasteiger partial charge in [0.25, 0.3) is 0 Å². The molecule has 1 aliphatic heterocycles. The van der Waals surface area contributed by atoms with Crippen LogP contribution in [-0.2, 0) is 14.3 Å². The molecule has 1 heterocycles. The lowest BCUT2D eigenvalue weighted by molar-refractivity contribution is -0.157. The van der Waals surface area contributed by atoms with Gasteiger partial charge in [0.2, 0.25) is 0 Å². The molecule has 1 fully saturated rings. The summed E-state index contributed by atoms with van der Waals surface area (Å²) >= 11 is 0. The van der Waals surface area contributed by atoms with Crippen molar-refractivity contribution in [3.05, 3.63) is 59.7 Å². The highest BCUT2D eigenvalue weighted by atomic mass is 16.6. The molecule has 0 saturated carbocycles. The second-order valence-electron chi connectivity index (χ2n) is 8.95. The maximum Gasteiger partial charge on any atom is 0.407 e. The lowest BCUT2D eigenvalue weighted by Gasteiger charge is -2.38. The third kappa shape index (κ3) is 4.49. The van der Waals surface area contributed by atoms with E-state index >= 15 is 0 Å². The number of carbonyl (C=O) groups excluding carboxylic acids is 2. The molecule has 6 heteroatoms. The molecule has 2 aromatic rings. The second-order valence-corrected chi connectivity index (χ2v) is 8.95. The number of nitrogens with zero attached hydrogens (tertiary/aromatic N) is 1. The van der Waals surface area contributed by atoms with Gasteiger partial charge >= 0.3 is 12.1 Å². The molecule has 30 heavy (non-hydrogen) atoms. The van der Waals surface area contributed by atoms with Gasteiger partial charge in [-0.05, 0) is 43.0 Å². The number of hydrogen-bond donors (Lipinski definition) is 1. The number of carbonyl (C=O) groups is 2. The van der Waals surface area contributed by atoms with Crippen molar-refractivity contribution in [3.8, 4) is 11.1 Å². The van der Waals surface area contributed by atoms with Crippen LogP contribution in [0.3, 0.4) is 0 Å². The molecule has 1 N–H and O–H groups in total. The van der Waals surface area contributed by atoms with Crippen LogP contribution in [0, 0.1) is 0 Å². The quantitative estimate of drug-likeness (QED) is 0.767. The van der Waals surface area contributed by atoms with Gasteiger partial charge in [0.1, 0.15) is 12.2 Å². The topological polar surface area (TPSA) is 67.9 Å². The Morgan fingerprint density at radius 3 is 2.13 bits per heavy atom. The summed E-state index contributed by atoms with van der Waals surface area (Å²) in [5.74, 6) is -0.199. The molecule has 0 atom stereocenters. The maximum atomic E-state index is 12.3. The third-order valence-corrected chi connectivity index (χ3v) is 5.40. The Morgan fingerprint density at radius 2 is 1.57 bits per heavy atom. The van der Waals surface area contributed by atoms with Crippen LogP contribution in [0.1, 0.15) is 37.8 Å². The zero-order chi connectivity index (χ0) is 21.3. The second kappa shape index (κ2) is 8.11. The number of esters is 1. The summed E-state index contributed by atoms with van der Waals surface area (Å²) in [6.45, 7) is 7.31. The van der Waals surface area contributed by atoms with Crippen molar-refractivity contribution in [1.82, 2.24) is 10.2 Å². The molecule has 0 bridgehead atoms. The Hall–Kier alpha value is -2.86. The summed E-state index contributed by atoms with van der Waals surface area (Å²) < 4.78 is 10.9. The van der Waals surface area contributed by atoms with E-state index in [2.05, 4.69) is 29.6 Å². The smallest absolute Gasteiger partial charge is 0.407 e. The van der Waals surface area contributed by atoms with E-state index in [1.807, 2.05) is 49.9 Å². The summed E-state index contributed by atoms with van der Waals surface area (Å²) in [5, 5.41) is 2.88. The van der Waals surface area contributed by atoms with Crippen molar-refractivity contribution in [2.45, 2.75) is 38.3 Å². The van der Waals surface area contributed by atoms with E-state index in [0.29, 0.717) is 19.7 Å². The number of likely N-dealkylation sites (tertiary alicyclic amines) is 1. The molecule has 0 aromatic heterocycles. The standard InChI is InChI=1S/C24H28N2O4/c1-24(2,3)30-22(27)14-26-12-16(13-26)25-23(28)29-15-21-19-10-6-4-8-17(19)18-9-5-7-11-20(18)21/h4-11,16,21H,12-15H2,1-3H3,(H,25,28). The monoisotopic (exact) mass is 408 g/mol. The maximum absolute atomic E-state index is 12.3. The molecule has 158 valence electrons. The van der Waals surface area contributed by atoms with Crippen molar-refractivity contribution in [1.29, 1.82) is 0 Å². The van der Waals surface area contributed by atoms with Crippen LogP contribution in [0.15, 0.2) is 48.5 Å². The van der Waals surface area contributed by atoms with Crippen molar-refractivity contribution < 1.29 is 19.1 Å². The van der Waals surface area contributed by atoms with Gasteiger partial charge in [0, 0.05) is 19.0 Å². The highest BCUT2D eigenvalue weighted by Gasteiger charge is 2.32. The fourth-order valence-corrected chi connectivity index (χ4v) is 4.15. The number of amides is 1. The van der Waals surface area contributed by atoms with E-state index in [9.17, 15) is 9.59 Å². The molecule has 2 aliphatic rings. The molecule has 4 rings (SSSR count).